The normalized spacial score (nSPS) is 11.6. The highest BCUT2D eigenvalue weighted by Gasteiger charge is 2.20. The lowest BCUT2D eigenvalue weighted by Gasteiger charge is -2.10. The first kappa shape index (κ1) is 15.5. The third-order valence-corrected chi connectivity index (χ3v) is 3.38. The number of hydrazine groups is 1. The molecule has 0 bridgehead atoms. The quantitative estimate of drug-likeness (QED) is 0.804. The Kier molecular flexibility index (Phi) is 4.96. The van der Waals surface area contributed by atoms with Gasteiger partial charge < -0.3 is 0 Å². The van der Waals surface area contributed by atoms with E-state index >= 15 is 0 Å². The zero-order valence-electron chi connectivity index (χ0n) is 10.4. The molecule has 0 aromatic heterocycles. The van der Waals surface area contributed by atoms with Crippen LogP contribution in [0.25, 0.3) is 0 Å². The molecule has 0 atom stereocenters. The summed E-state index contributed by atoms with van der Waals surface area (Å²) in [5.41, 5.74) is 1.96. The van der Waals surface area contributed by atoms with E-state index in [9.17, 15) is 22.0 Å². The minimum Gasteiger partial charge on any atom is -0.278 e. The van der Waals surface area contributed by atoms with Crippen LogP contribution in [-0.4, -0.2) is 14.3 Å². The molecule has 0 spiro atoms. The zero-order valence-corrected chi connectivity index (χ0v) is 11.2. The van der Waals surface area contributed by atoms with Crippen molar-refractivity contribution in [2.24, 2.45) is 5.92 Å². The highest BCUT2D eigenvalue weighted by Crippen LogP contribution is 2.14. The van der Waals surface area contributed by atoms with E-state index in [1.807, 2.05) is 5.43 Å². The summed E-state index contributed by atoms with van der Waals surface area (Å²) in [7, 11) is -4.26. The molecule has 0 aliphatic carbocycles. The van der Waals surface area contributed by atoms with Crippen LogP contribution in [0.4, 0.5) is 8.78 Å². The van der Waals surface area contributed by atoms with E-state index in [0.717, 1.165) is 12.1 Å². The topological polar surface area (TPSA) is 75.3 Å². The van der Waals surface area contributed by atoms with Gasteiger partial charge in [0.2, 0.25) is 5.91 Å². The average molecular weight is 292 g/mol. The number of rotatable bonds is 5. The van der Waals surface area contributed by atoms with Gasteiger partial charge in [-0.2, -0.15) is 0 Å². The van der Waals surface area contributed by atoms with E-state index in [0.29, 0.717) is 6.07 Å². The van der Waals surface area contributed by atoms with Gasteiger partial charge in [-0.25, -0.2) is 17.2 Å². The van der Waals surface area contributed by atoms with Crippen LogP contribution < -0.4 is 10.3 Å². The van der Waals surface area contributed by atoms with Gasteiger partial charge in [0.25, 0.3) is 10.0 Å². The predicted molar refractivity (Wildman–Crippen MR) is 64.3 cm³/mol. The van der Waals surface area contributed by atoms with E-state index < -0.39 is 32.5 Å². The Morgan fingerprint density at radius 2 is 1.95 bits per heavy atom. The summed E-state index contributed by atoms with van der Waals surface area (Å²) < 4.78 is 49.3. The van der Waals surface area contributed by atoms with Crippen molar-refractivity contribution in [3.63, 3.8) is 0 Å². The second-order valence-corrected chi connectivity index (χ2v) is 5.98. The van der Waals surface area contributed by atoms with Crippen LogP contribution in [-0.2, 0) is 14.8 Å². The fourth-order valence-electron chi connectivity index (χ4n) is 1.29. The lowest BCUT2D eigenvalue weighted by molar-refractivity contribution is -0.122. The minimum atomic E-state index is -4.26. The van der Waals surface area contributed by atoms with E-state index in [-0.39, 0.29) is 12.3 Å². The van der Waals surface area contributed by atoms with E-state index in [2.05, 4.69) is 0 Å². The highest BCUT2D eigenvalue weighted by molar-refractivity contribution is 7.89. The van der Waals surface area contributed by atoms with Crippen LogP contribution in [0, 0.1) is 17.6 Å². The van der Waals surface area contributed by atoms with Crippen molar-refractivity contribution in [2.75, 3.05) is 0 Å². The van der Waals surface area contributed by atoms with Gasteiger partial charge in [0.15, 0.2) is 0 Å². The Labute approximate surface area is 110 Å². The van der Waals surface area contributed by atoms with Gasteiger partial charge in [-0.3, -0.25) is 10.2 Å². The molecule has 0 aliphatic rings. The molecule has 0 aliphatic heterocycles. The molecule has 1 amide bonds. The molecule has 0 fully saturated rings. The fraction of sp³-hybridized carbons (Fsp3) is 0.364. The lowest BCUT2D eigenvalue weighted by atomic mass is 10.1. The molecule has 8 heteroatoms. The van der Waals surface area contributed by atoms with Crippen molar-refractivity contribution in [1.82, 2.24) is 10.3 Å². The molecule has 1 aromatic rings. The van der Waals surface area contributed by atoms with Crippen LogP contribution in [0.1, 0.15) is 20.3 Å². The van der Waals surface area contributed by atoms with E-state index in [1.54, 1.807) is 18.7 Å². The minimum absolute atomic E-state index is 0.0482. The number of halogens is 2. The Morgan fingerprint density at radius 1 is 1.32 bits per heavy atom. The number of benzene rings is 1. The summed E-state index contributed by atoms with van der Waals surface area (Å²) in [5.74, 6) is -2.61. The molecule has 1 rings (SSSR count). The summed E-state index contributed by atoms with van der Waals surface area (Å²) >= 11 is 0. The first-order valence-electron chi connectivity index (χ1n) is 5.48. The second kappa shape index (κ2) is 6.07. The SMILES string of the molecule is CC(C)CC(=O)NNS(=O)(=O)c1ccc(F)cc1F. The summed E-state index contributed by atoms with van der Waals surface area (Å²) in [6.07, 6.45) is 0.119. The number of nitrogens with one attached hydrogen (secondary N) is 2. The van der Waals surface area contributed by atoms with E-state index in [1.165, 1.54) is 0 Å². The number of amides is 1. The summed E-state index contributed by atoms with van der Waals surface area (Å²) in [6.45, 7) is 3.57. The summed E-state index contributed by atoms with van der Waals surface area (Å²) in [4.78, 5) is 12.3. The number of carbonyl (C=O) groups excluding carboxylic acids is 1. The van der Waals surface area contributed by atoms with E-state index in [4.69, 9.17) is 0 Å². The predicted octanol–water partition coefficient (Wildman–Crippen LogP) is 1.32. The first-order valence-corrected chi connectivity index (χ1v) is 6.96. The van der Waals surface area contributed by atoms with Crippen LogP contribution >= 0.6 is 0 Å². The third-order valence-electron chi connectivity index (χ3n) is 2.10. The molecule has 19 heavy (non-hydrogen) atoms. The van der Waals surface area contributed by atoms with Crippen LogP contribution in [0.3, 0.4) is 0 Å². The zero-order chi connectivity index (χ0) is 14.6. The van der Waals surface area contributed by atoms with Crippen molar-refractivity contribution < 1.29 is 22.0 Å². The van der Waals surface area contributed by atoms with Gasteiger partial charge >= 0.3 is 0 Å². The molecular weight excluding hydrogens is 278 g/mol. The van der Waals surface area contributed by atoms with Gasteiger partial charge in [-0.15, -0.1) is 4.83 Å². The van der Waals surface area contributed by atoms with Crippen molar-refractivity contribution >= 4 is 15.9 Å². The van der Waals surface area contributed by atoms with Crippen LogP contribution in [0.15, 0.2) is 23.1 Å². The molecule has 0 saturated carbocycles. The number of hydrogen-bond acceptors (Lipinski definition) is 3. The van der Waals surface area contributed by atoms with Crippen LogP contribution in [0.5, 0.6) is 0 Å². The molecule has 1 aromatic carbocycles. The van der Waals surface area contributed by atoms with Gasteiger partial charge in [0, 0.05) is 12.5 Å². The van der Waals surface area contributed by atoms with Gasteiger partial charge in [-0.05, 0) is 18.1 Å². The molecular formula is C11H14F2N2O3S. The molecule has 106 valence electrons. The Balaban J connectivity index is 2.79. The Morgan fingerprint density at radius 3 is 2.47 bits per heavy atom. The summed E-state index contributed by atoms with van der Waals surface area (Å²) in [5, 5.41) is 0. The second-order valence-electron chi connectivity index (χ2n) is 4.33. The number of sulfonamides is 1. The van der Waals surface area contributed by atoms with Crippen molar-refractivity contribution in [2.45, 2.75) is 25.2 Å². The molecule has 0 radical (unpaired) electrons. The van der Waals surface area contributed by atoms with Crippen molar-refractivity contribution in [1.29, 1.82) is 0 Å². The monoisotopic (exact) mass is 292 g/mol. The molecule has 0 heterocycles. The van der Waals surface area contributed by atoms with Gasteiger partial charge in [0.1, 0.15) is 16.5 Å². The van der Waals surface area contributed by atoms with Gasteiger partial charge in [0.05, 0.1) is 0 Å². The lowest BCUT2D eigenvalue weighted by Crippen LogP contribution is -2.42. The first-order chi connectivity index (χ1) is 8.72. The number of hydrogen-bond donors (Lipinski definition) is 2. The van der Waals surface area contributed by atoms with Crippen LogP contribution in [0.2, 0.25) is 0 Å². The molecule has 2 N–H and O–H groups in total. The molecule has 0 unspecified atom stereocenters. The van der Waals surface area contributed by atoms with Crippen molar-refractivity contribution in [3.8, 4) is 0 Å². The Bertz CT molecular complexity index is 573. The Hall–Kier alpha value is -1.54. The molecule has 5 nitrogen and oxygen atoms in total. The summed E-state index contributed by atoms with van der Waals surface area (Å²) in [6, 6.07) is 2.04. The maximum Gasteiger partial charge on any atom is 0.260 e. The third kappa shape index (κ3) is 4.56. The fourth-order valence-corrected chi connectivity index (χ4v) is 2.22. The maximum atomic E-state index is 13.3. The number of carbonyl (C=O) groups is 1. The standard InChI is InChI=1S/C11H14F2N2O3S/c1-7(2)5-11(16)14-15-19(17,18)10-4-3-8(12)6-9(10)13/h3-4,6-7,15H,5H2,1-2H3,(H,14,16). The maximum absolute atomic E-state index is 13.3. The molecule has 0 saturated heterocycles. The van der Waals surface area contributed by atoms with Crippen molar-refractivity contribution in [3.05, 3.63) is 29.8 Å². The highest BCUT2D eigenvalue weighted by atomic mass is 32.2. The smallest absolute Gasteiger partial charge is 0.260 e. The largest absolute Gasteiger partial charge is 0.278 e. The van der Waals surface area contributed by atoms with Gasteiger partial charge in [-0.1, -0.05) is 13.8 Å². The average Bonchev–Trinajstić information content (AvgIpc) is 2.25.